The maximum absolute atomic E-state index is 12.6. The van der Waals surface area contributed by atoms with Gasteiger partial charge in [0.15, 0.2) is 0 Å². The number of benzene rings is 1. The minimum absolute atomic E-state index is 0.0618. The molecule has 1 N–H and O–H groups in total. The zero-order valence-electron chi connectivity index (χ0n) is 12.7. The molecule has 0 aliphatic carbocycles. The summed E-state index contributed by atoms with van der Waals surface area (Å²) in [6.07, 6.45) is 0. The molecule has 0 aliphatic rings. The third-order valence-corrected chi connectivity index (χ3v) is 5.85. The number of nitro benzene ring substituents is 1. The molecule has 0 radical (unpaired) electrons. The number of alkyl halides is 2. The molecule has 1 unspecified atom stereocenters. The molecule has 10 heteroatoms. The number of anilines is 1. The van der Waals surface area contributed by atoms with E-state index < -0.39 is 31.1 Å². The lowest BCUT2D eigenvalue weighted by Gasteiger charge is -2.14. The Morgan fingerprint density at radius 3 is 2.42 bits per heavy atom. The van der Waals surface area contributed by atoms with E-state index in [1.54, 1.807) is 6.92 Å². The van der Waals surface area contributed by atoms with Gasteiger partial charge in [-0.2, -0.15) is 8.78 Å². The van der Waals surface area contributed by atoms with Gasteiger partial charge in [-0.25, -0.2) is 8.42 Å². The highest BCUT2D eigenvalue weighted by Crippen LogP contribution is 2.33. The van der Waals surface area contributed by atoms with E-state index in [1.807, 2.05) is 19.1 Å². The summed E-state index contributed by atoms with van der Waals surface area (Å²) in [5.41, 5.74) is -0.511. The SMILES string of the molecule is Cc1ccc(C(C)Nc2ccc(S(=O)(=O)C(F)F)cc2[N+](=O)[O-])s1. The Hall–Kier alpha value is -2.07. The van der Waals surface area contributed by atoms with Gasteiger partial charge >= 0.3 is 5.76 Å². The molecule has 1 atom stereocenters. The van der Waals surface area contributed by atoms with Crippen LogP contribution in [0.25, 0.3) is 0 Å². The Bertz CT molecular complexity index is 865. The number of aryl methyl sites for hydroxylation is 1. The third kappa shape index (κ3) is 3.70. The molecule has 2 aromatic rings. The summed E-state index contributed by atoms with van der Waals surface area (Å²) in [7, 11) is -4.89. The summed E-state index contributed by atoms with van der Waals surface area (Å²) in [5.74, 6) is -3.64. The minimum atomic E-state index is -4.89. The second kappa shape index (κ2) is 6.81. The van der Waals surface area contributed by atoms with E-state index in [0.29, 0.717) is 6.07 Å². The van der Waals surface area contributed by atoms with Crippen LogP contribution in [-0.4, -0.2) is 19.1 Å². The average molecular weight is 376 g/mol. The molecule has 0 amide bonds. The number of nitrogens with one attached hydrogen (secondary N) is 1. The molecular weight excluding hydrogens is 362 g/mol. The summed E-state index contributed by atoms with van der Waals surface area (Å²) in [5, 5.41) is 14.1. The van der Waals surface area contributed by atoms with Gasteiger partial charge in [-0.05, 0) is 38.1 Å². The van der Waals surface area contributed by atoms with Crippen LogP contribution >= 0.6 is 11.3 Å². The van der Waals surface area contributed by atoms with Gasteiger partial charge in [-0.3, -0.25) is 10.1 Å². The zero-order chi connectivity index (χ0) is 18.1. The summed E-state index contributed by atoms with van der Waals surface area (Å²) in [4.78, 5) is 11.6. The highest BCUT2D eigenvalue weighted by molar-refractivity contribution is 7.91. The van der Waals surface area contributed by atoms with Crippen molar-refractivity contribution < 1.29 is 22.1 Å². The molecule has 130 valence electrons. The molecule has 1 heterocycles. The van der Waals surface area contributed by atoms with Crippen molar-refractivity contribution in [1.29, 1.82) is 0 Å². The van der Waals surface area contributed by atoms with Crippen LogP contribution < -0.4 is 5.32 Å². The quantitative estimate of drug-likeness (QED) is 0.605. The fourth-order valence-electron chi connectivity index (χ4n) is 2.05. The topological polar surface area (TPSA) is 89.3 Å². The first-order valence-electron chi connectivity index (χ1n) is 6.76. The fourth-order valence-corrected chi connectivity index (χ4v) is 3.67. The van der Waals surface area contributed by atoms with Crippen LogP contribution in [0.15, 0.2) is 35.2 Å². The lowest BCUT2D eigenvalue weighted by molar-refractivity contribution is -0.384. The molecule has 24 heavy (non-hydrogen) atoms. The molecule has 0 spiro atoms. The van der Waals surface area contributed by atoms with Crippen LogP contribution in [0.3, 0.4) is 0 Å². The van der Waals surface area contributed by atoms with Crippen LogP contribution in [0.5, 0.6) is 0 Å². The van der Waals surface area contributed by atoms with Gasteiger partial charge < -0.3 is 5.32 Å². The van der Waals surface area contributed by atoms with Crippen LogP contribution in [0.2, 0.25) is 0 Å². The van der Waals surface area contributed by atoms with E-state index >= 15 is 0 Å². The third-order valence-electron chi connectivity index (χ3n) is 3.29. The van der Waals surface area contributed by atoms with Crippen molar-refractivity contribution >= 4 is 32.5 Å². The average Bonchev–Trinajstić information content (AvgIpc) is 2.93. The molecule has 0 aliphatic heterocycles. The molecule has 0 saturated heterocycles. The Labute approximate surface area is 141 Å². The van der Waals surface area contributed by atoms with Gasteiger partial charge in [0.05, 0.1) is 15.9 Å². The first-order chi connectivity index (χ1) is 11.1. The summed E-state index contributed by atoms with van der Waals surface area (Å²) >= 11 is 1.51. The first-order valence-corrected chi connectivity index (χ1v) is 9.12. The van der Waals surface area contributed by atoms with Gasteiger partial charge in [0.25, 0.3) is 5.69 Å². The van der Waals surface area contributed by atoms with Crippen LogP contribution in [0.4, 0.5) is 20.2 Å². The molecular formula is C14H14F2N2O4S2. The second-order valence-corrected chi connectivity index (χ2v) is 8.29. The Balaban J connectivity index is 2.39. The van der Waals surface area contributed by atoms with E-state index in [9.17, 15) is 27.3 Å². The first kappa shape index (κ1) is 18.3. The van der Waals surface area contributed by atoms with Crippen molar-refractivity contribution in [3.63, 3.8) is 0 Å². The van der Waals surface area contributed by atoms with Gasteiger partial charge in [0.2, 0.25) is 9.84 Å². The number of sulfone groups is 1. The molecule has 1 aromatic heterocycles. The van der Waals surface area contributed by atoms with Crippen molar-refractivity contribution in [2.75, 3.05) is 5.32 Å². The standard InChI is InChI=1S/C14H14F2N2O4S2/c1-8-3-6-13(23-8)9(2)17-11-5-4-10(7-12(11)18(19)20)24(21,22)14(15)16/h3-7,9,14,17H,1-2H3. The van der Waals surface area contributed by atoms with Gasteiger partial charge in [-0.1, -0.05) is 0 Å². The van der Waals surface area contributed by atoms with E-state index in [4.69, 9.17) is 0 Å². The zero-order valence-corrected chi connectivity index (χ0v) is 14.3. The number of thiophene rings is 1. The van der Waals surface area contributed by atoms with Gasteiger partial charge in [-0.15, -0.1) is 11.3 Å². The van der Waals surface area contributed by atoms with Crippen molar-refractivity contribution in [2.24, 2.45) is 0 Å². The minimum Gasteiger partial charge on any atom is -0.372 e. The summed E-state index contributed by atoms with van der Waals surface area (Å²) in [6, 6.07) is 6.23. The monoisotopic (exact) mass is 376 g/mol. The predicted octanol–water partition coefficient (Wildman–Crippen LogP) is 4.13. The molecule has 2 rings (SSSR count). The van der Waals surface area contributed by atoms with E-state index in [1.165, 1.54) is 11.3 Å². The molecule has 0 saturated carbocycles. The number of rotatable bonds is 6. The number of nitrogens with zero attached hydrogens (tertiary/aromatic N) is 1. The van der Waals surface area contributed by atoms with E-state index in [2.05, 4.69) is 5.32 Å². The number of halogens is 2. The molecule has 1 aromatic carbocycles. The van der Waals surface area contributed by atoms with E-state index in [-0.39, 0.29) is 11.7 Å². The predicted molar refractivity (Wildman–Crippen MR) is 87.4 cm³/mol. The van der Waals surface area contributed by atoms with Gasteiger partial charge in [0.1, 0.15) is 5.69 Å². The Morgan fingerprint density at radius 2 is 1.92 bits per heavy atom. The summed E-state index contributed by atoms with van der Waals surface area (Å²) < 4.78 is 48.1. The number of hydrogen-bond donors (Lipinski definition) is 1. The van der Waals surface area contributed by atoms with Crippen molar-refractivity contribution in [3.05, 3.63) is 50.2 Å². The summed E-state index contributed by atoms with van der Waals surface area (Å²) in [6.45, 7) is 3.71. The van der Waals surface area contributed by atoms with E-state index in [0.717, 1.165) is 21.9 Å². The fraction of sp³-hybridized carbons (Fsp3) is 0.286. The second-order valence-electron chi connectivity index (χ2n) is 5.06. The van der Waals surface area contributed by atoms with Crippen molar-refractivity contribution in [2.45, 2.75) is 30.5 Å². The van der Waals surface area contributed by atoms with Crippen molar-refractivity contribution in [1.82, 2.24) is 0 Å². The molecule has 6 nitrogen and oxygen atoms in total. The highest BCUT2D eigenvalue weighted by atomic mass is 32.2. The lowest BCUT2D eigenvalue weighted by atomic mass is 10.2. The van der Waals surface area contributed by atoms with Crippen LogP contribution in [0, 0.1) is 17.0 Å². The Morgan fingerprint density at radius 1 is 1.25 bits per heavy atom. The maximum Gasteiger partial charge on any atom is 0.341 e. The largest absolute Gasteiger partial charge is 0.372 e. The normalized spacial score (nSPS) is 13.0. The smallest absolute Gasteiger partial charge is 0.341 e. The lowest BCUT2D eigenvalue weighted by Crippen LogP contribution is -2.13. The highest BCUT2D eigenvalue weighted by Gasteiger charge is 2.29. The molecule has 0 bridgehead atoms. The number of nitro groups is 1. The van der Waals surface area contributed by atoms with Gasteiger partial charge in [0, 0.05) is 15.8 Å². The number of hydrogen-bond acceptors (Lipinski definition) is 6. The Kier molecular flexibility index (Phi) is 5.19. The van der Waals surface area contributed by atoms with Crippen molar-refractivity contribution in [3.8, 4) is 0 Å². The van der Waals surface area contributed by atoms with Crippen LogP contribution in [0.1, 0.15) is 22.7 Å². The molecule has 0 fully saturated rings. The maximum atomic E-state index is 12.6. The van der Waals surface area contributed by atoms with Crippen LogP contribution in [-0.2, 0) is 9.84 Å².